The summed E-state index contributed by atoms with van der Waals surface area (Å²) in [7, 11) is 3.28. The minimum Gasteiger partial charge on any atom is -0.444 e. The highest BCUT2D eigenvalue weighted by Gasteiger charge is 2.38. The van der Waals surface area contributed by atoms with Gasteiger partial charge in [-0.15, -0.1) is 0 Å². The fourth-order valence-corrected chi connectivity index (χ4v) is 3.37. The highest BCUT2D eigenvalue weighted by molar-refractivity contribution is 6.25. The van der Waals surface area contributed by atoms with E-state index in [0.717, 1.165) is 0 Å². The van der Waals surface area contributed by atoms with Gasteiger partial charge >= 0.3 is 6.09 Å². The molecule has 0 aromatic heterocycles. The largest absolute Gasteiger partial charge is 0.444 e. The average molecular weight is 421 g/mol. The zero-order valence-electron chi connectivity index (χ0n) is 20.1. The van der Waals surface area contributed by atoms with E-state index in [1.807, 2.05) is 13.8 Å². The van der Waals surface area contributed by atoms with E-state index in [1.54, 1.807) is 55.6 Å². The van der Waals surface area contributed by atoms with Gasteiger partial charge in [0.1, 0.15) is 5.60 Å². The van der Waals surface area contributed by atoms with Gasteiger partial charge in [0.15, 0.2) is 11.6 Å². The second-order valence-electron chi connectivity index (χ2n) is 9.69. The van der Waals surface area contributed by atoms with Gasteiger partial charge in [0.05, 0.1) is 0 Å². The fraction of sp³-hybridized carbons (Fsp3) is 0.652. The van der Waals surface area contributed by atoms with Crippen molar-refractivity contribution in [1.29, 1.82) is 0 Å². The second kappa shape index (κ2) is 9.14. The first-order valence-corrected chi connectivity index (χ1v) is 10.2. The number of hydrogen-bond acceptors (Lipinski definition) is 5. The summed E-state index contributed by atoms with van der Waals surface area (Å²) in [4.78, 5) is 53.2. The molecule has 0 spiro atoms. The number of likely N-dealkylation sites (N-methyl/N-ethyl adjacent to an activating group) is 2. The number of hydrogen-bond donors (Lipinski definition) is 0. The third-order valence-electron chi connectivity index (χ3n) is 5.36. The van der Waals surface area contributed by atoms with Crippen LogP contribution in [0.4, 0.5) is 4.79 Å². The summed E-state index contributed by atoms with van der Waals surface area (Å²) in [5, 5.41) is 0. The summed E-state index contributed by atoms with van der Waals surface area (Å²) in [6.07, 6.45) is -0.370. The predicted octanol–water partition coefficient (Wildman–Crippen LogP) is 3.53. The van der Waals surface area contributed by atoms with Crippen LogP contribution in [0.25, 0.3) is 0 Å². The van der Waals surface area contributed by atoms with Crippen molar-refractivity contribution in [2.45, 2.75) is 67.4 Å². The van der Waals surface area contributed by atoms with E-state index in [0.29, 0.717) is 35.4 Å². The highest BCUT2D eigenvalue weighted by atomic mass is 16.6. The van der Waals surface area contributed by atoms with Crippen molar-refractivity contribution in [2.75, 3.05) is 27.2 Å². The second-order valence-corrected chi connectivity index (χ2v) is 9.69. The van der Waals surface area contributed by atoms with Crippen molar-refractivity contribution < 1.29 is 23.9 Å². The standard InChI is InChI=1S/C23H36N2O5/c1-14-15(2)20(28)18(16(3)19(14)27)23(7,8)13-17(26)24(9)11-12-25(10)21(29)30-22(4,5)6/h11-13H2,1-10H3. The van der Waals surface area contributed by atoms with Crippen LogP contribution in [-0.2, 0) is 19.1 Å². The number of carbonyl (C=O) groups excluding carboxylic acids is 4. The van der Waals surface area contributed by atoms with Crippen LogP contribution in [0, 0.1) is 5.41 Å². The maximum Gasteiger partial charge on any atom is 0.410 e. The van der Waals surface area contributed by atoms with E-state index in [1.165, 1.54) is 9.80 Å². The molecule has 0 saturated heterocycles. The Bertz CT molecular complexity index is 812. The van der Waals surface area contributed by atoms with Crippen LogP contribution in [0.2, 0.25) is 0 Å². The Morgan fingerprint density at radius 1 is 0.800 bits per heavy atom. The van der Waals surface area contributed by atoms with Crippen molar-refractivity contribution in [3.63, 3.8) is 0 Å². The molecule has 7 nitrogen and oxygen atoms in total. The molecule has 0 aromatic rings. The molecule has 2 amide bonds. The molecule has 0 bridgehead atoms. The van der Waals surface area contributed by atoms with Gasteiger partial charge in [-0.05, 0) is 41.5 Å². The van der Waals surface area contributed by atoms with Gasteiger partial charge < -0.3 is 14.5 Å². The van der Waals surface area contributed by atoms with E-state index in [4.69, 9.17) is 4.74 Å². The number of ether oxygens (including phenoxy) is 1. The predicted molar refractivity (Wildman–Crippen MR) is 116 cm³/mol. The lowest BCUT2D eigenvalue weighted by Crippen LogP contribution is -2.41. The normalized spacial score (nSPS) is 15.5. The lowest BCUT2D eigenvalue weighted by Gasteiger charge is -2.33. The maximum atomic E-state index is 12.8. The Balaban J connectivity index is 2.82. The summed E-state index contributed by atoms with van der Waals surface area (Å²) in [5.41, 5.74) is 0.342. The van der Waals surface area contributed by atoms with Gasteiger partial charge in [0.2, 0.25) is 5.91 Å². The number of rotatable bonds is 6. The molecule has 0 aliphatic heterocycles. The number of Topliss-reactive ketones (excluding diaryl/α,β-unsaturated/α-hetero) is 2. The molecule has 1 aliphatic carbocycles. The molecule has 1 rings (SSSR count). The average Bonchev–Trinajstić information content (AvgIpc) is 2.60. The molecule has 0 radical (unpaired) electrons. The minimum absolute atomic E-state index is 0.0810. The van der Waals surface area contributed by atoms with Gasteiger partial charge in [-0.2, -0.15) is 0 Å². The molecule has 7 heteroatoms. The molecule has 0 saturated carbocycles. The van der Waals surface area contributed by atoms with Gasteiger partial charge in [-0.1, -0.05) is 13.8 Å². The Hall–Kier alpha value is -2.44. The molecule has 0 fully saturated rings. The molecule has 0 aromatic carbocycles. The quantitative estimate of drug-likeness (QED) is 0.614. The SMILES string of the molecule is CC1=C(C)C(=O)C(C(C)(C)CC(=O)N(C)CCN(C)C(=O)OC(C)(C)C)=C(C)C1=O. The van der Waals surface area contributed by atoms with Crippen molar-refractivity contribution in [3.05, 3.63) is 22.3 Å². The Morgan fingerprint density at radius 2 is 1.27 bits per heavy atom. The zero-order chi connectivity index (χ0) is 23.6. The molecule has 0 unspecified atom stereocenters. The fourth-order valence-electron chi connectivity index (χ4n) is 3.37. The van der Waals surface area contributed by atoms with Crippen LogP contribution < -0.4 is 0 Å². The van der Waals surface area contributed by atoms with Gasteiger partial charge in [-0.25, -0.2) is 4.79 Å². The molecular weight excluding hydrogens is 384 g/mol. The minimum atomic E-state index is -0.790. The number of amides is 2. The van der Waals surface area contributed by atoms with Gasteiger partial charge in [-0.3, -0.25) is 14.4 Å². The highest BCUT2D eigenvalue weighted by Crippen LogP contribution is 2.39. The molecule has 0 heterocycles. The first kappa shape index (κ1) is 25.6. The van der Waals surface area contributed by atoms with Crippen LogP contribution in [0.1, 0.15) is 61.8 Å². The third kappa shape index (κ3) is 6.03. The van der Waals surface area contributed by atoms with Gasteiger partial charge in [0, 0.05) is 61.3 Å². The van der Waals surface area contributed by atoms with E-state index in [9.17, 15) is 19.2 Å². The lowest BCUT2D eigenvalue weighted by atomic mass is 9.71. The first-order chi connectivity index (χ1) is 13.5. The third-order valence-corrected chi connectivity index (χ3v) is 5.36. The number of carbonyl (C=O) groups is 4. The van der Waals surface area contributed by atoms with E-state index in [-0.39, 0.29) is 23.9 Å². The Morgan fingerprint density at radius 3 is 1.77 bits per heavy atom. The molecule has 0 atom stereocenters. The topological polar surface area (TPSA) is 84.0 Å². The van der Waals surface area contributed by atoms with Crippen LogP contribution in [0.3, 0.4) is 0 Å². The molecule has 30 heavy (non-hydrogen) atoms. The molecule has 168 valence electrons. The summed E-state index contributed by atoms with van der Waals surface area (Å²) >= 11 is 0. The van der Waals surface area contributed by atoms with Gasteiger partial charge in [0.25, 0.3) is 0 Å². The number of ketones is 2. The van der Waals surface area contributed by atoms with Crippen molar-refractivity contribution in [3.8, 4) is 0 Å². The van der Waals surface area contributed by atoms with Crippen LogP contribution in [-0.4, -0.2) is 66.2 Å². The van der Waals surface area contributed by atoms with E-state index in [2.05, 4.69) is 0 Å². The monoisotopic (exact) mass is 420 g/mol. The van der Waals surface area contributed by atoms with Crippen LogP contribution in [0.15, 0.2) is 22.3 Å². The molecule has 0 N–H and O–H groups in total. The summed E-state index contributed by atoms with van der Waals surface area (Å²) in [5.74, 6) is -0.480. The summed E-state index contributed by atoms with van der Waals surface area (Å²) in [6, 6.07) is 0. The van der Waals surface area contributed by atoms with E-state index >= 15 is 0 Å². The van der Waals surface area contributed by atoms with Crippen molar-refractivity contribution in [2.24, 2.45) is 5.41 Å². The summed E-state index contributed by atoms with van der Waals surface area (Å²) < 4.78 is 5.31. The van der Waals surface area contributed by atoms with Crippen LogP contribution in [0.5, 0.6) is 0 Å². The Kier molecular flexibility index (Phi) is 7.80. The lowest BCUT2D eigenvalue weighted by molar-refractivity contribution is -0.132. The smallest absolute Gasteiger partial charge is 0.410 e. The molecule has 1 aliphatic rings. The van der Waals surface area contributed by atoms with Crippen molar-refractivity contribution in [1.82, 2.24) is 9.80 Å². The van der Waals surface area contributed by atoms with Crippen molar-refractivity contribution >= 4 is 23.6 Å². The van der Waals surface area contributed by atoms with E-state index < -0.39 is 17.1 Å². The number of allylic oxidation sites excluding steroid dienone is 4. The Labute approximate surface area is 180 Å². The number of nitrogens with zero attached hydrogens (tertiary/aromatic N) is 2. The summed E-state index contributed by atoms with van der Waals surface area (Å²) in [6.45, 7) is 14.6. The zero-order valence-corrected chi connectivity index (χ0v) is 20.1. The molecular formula is C23H36N2O5. The first-order valence-electron chi connectivity index (χ1n) is 10.2. The maximum absolute atomic E-state index is 12.8. The van der Waals surface area contributed by atoms with Crippen LogP contribution >= 0.6 is 0 Å².